The van der Waals surface area contributed by atoms with E-state index in [1.807, 2.05) is 6.07 Å². The van der Waals surface area contributed by atoms with Gasteiger partial charge in [0.2, 0.25) is 5.60 Å². The highest BCUT2D eigenvalue weighted by molar-refractivity contribution is 7.84. The topological polar surface area (TPSA) is 256 Å². The Bertz CT molecular complexity index is 1370. The molecule has 2 atom stereocenters. The van der Waals surface area contributed by atoms with Crippen LogP contribution in [0.15, 0.2) is 16.7 Å². The predicted molar refractivity (Wildman–Crippen MR) is 119 cm³/mol. The number of thiazole rings is 1. The molecule has 3 heterocycles. The van der Waals surface area contributed by atoms with Crippen LogP contribution in [0.25, 0.3) is 0 Å². The number of amides is 2. The van der Waals surface area contributed by atoms with Gasteiger partial charge in [-0.3, -0.25) is 14.1 Å². The molecule has 0 bridgehead atoms. The minimum Gasteiger partial charge on any atom is -0.478 e. The molecule has 3 rings (SSSR count). The zero-order chi connectivity index (χ0) is 26.8. The highest BCUT2D eigenvalue weighted by Gasteiger charge is 2.54. The molecule has 0 spiro atoms. The van der Waals surface area contributed by atoms with Crippen molar-refractivity contribution >= 4 is 50.3 Å². The lowest BCUT2D eigenvalue weighted by Crippen LogP contribution is -2.73. The van der Waals surface area contributed by atoms with Gasteiger partial charge in [0, 0.05) is 5.38 Å². The van der Waals surface area contributed by atoms with E-state index in [9.17, 15) is 32.5 Å². The first-order valence-corrected chi connectivity index (χ1v) is 12.1. The number of rotatable bonds is 10. The Kier molecular flexibility index (Phi) is 7.23. The van der Waals surface area contributed by atoms with E-state index < -0.39 is 51.5 Å². The Morgan fingerprint density at radius 3 is 2.69 bits per heavy atom. The first kappa shape index (κ1) is 26.5. The van der Waals surface area contributed by atoms with Crippen molar-refractivity contribution in [3.8, 4) is 6.07 Å². The summed E-state index contributed by atoms with van der Waals surface area (Å²) in [6.45, 7) is 1.98. The molecule has 192 valence electrons. The first-order valence-electron chi connectivity index (χ1n) is 9.83. The van der Waals surface area contributed by atoms with E-state index in [2.05, 4.69) is 25.7 Å². The van der Waals surface area contributed by atoms with Gasteiger partial charge < -0.3 is 21.0 Å². The summed E-state index contributed by atoms with van der Waals surface area (Å²) in [5, 5.41) is 33.1. The van der Waals surface area contributed by atoms with Crippen molar-refractivity contribution < 1.29 is 37.3 Å². The van der Waals surface area contributed by atoms with Crippen LogP contribution in [-0.2, 0) is 42.5 Å². The molecule has 5 N–H and O–H groups in total. The number of nitriles is 1. The van der Waals surface area contributed by atoms with Gasteiger partial charge in [0.05, 0.1) is 30.9 Å². The number of nitrogens with one attached hydrogen (secondary N) is 1. The molecule has 2 aromatic heterocycles. The second-order valence-electron chi connectivity index (χ2n) is 7.77. The summed E-state index contributed by atoms with van der Waals surface area (Å²) in [4.78, 5) is 46.8. The molecule has 0 radical (unpaired) electrons. The summed E-state index contributed by atoms with van der Waals surface area (Å²) < 4.78 is 33.1. The molecule has 0 unspecified atom stereocenters. The molecule has 1 saturated heterocycles. The van der Waals surface area contributed by atoms with Crippen LogP contribution < -0.4 is 11.1 Å². The summed E-state index contributed by atoms with van der Waals surface area (Å²) in [5.74, 6) is -3.62. The summed E-state index contributed by atoms with van der Waals surface area (Å²) in [6, 6.07) is -0.974. The molecule has 2 aromatic rings. The van der Waals surface area contributed by atoms with E-state index in [1.54, 1.807) is 0 Å². The van der Waals surface area contributed by atoms with E-state index in [0.29, 0.717) is 0 Å². The monoisotopic (exact) mass is 541 g/mol. The number of hydrogen-bond acceptors (Lipinski definition) is 13. The standard InChI is InChI=1S/C17H19N9O8S2/c1-17(2,15(29)30)34-24-11(9-7-35-16(19)21-9)13(27)22-12-10(26(14(12)28)36(31,32)33)6-25-20-5-8(23-25)3-4-18/h5,7,10,12H,3,6H2,1-2H3,(H2,19,21)(H,22,27)(H,29,30)(H,31,32,33)/t10-,12+/m1/s1. The Hall–Kier alpha value is -4.15. The van der Waals surface area contributed by atoms with Crippen LogP contribution in [0.4, 0.5) is 5.13 Å². The number of nitrogen functional groups attached to an aromatic ring is 1. The average Bonchev–Trinajstić information content (AvgIpc) is 3.39. The summed E-state index contributed by atoms with van der Waals surface area (Å²) in [6.07, 6.45) is 1.18. The second-order valence-corrected chi connectivity index (χ2v) is 9.95. The van der Waals surface area contributed by atoms with Crippen molar-refractivity contribution in [3.05, 3.63) is 23.0 Å². The number of carboxylic acid groups (broad SMARTS) is 1. The number of nitrogens with zero attached hydrogens (tertiary/aromatic N) is 7. The maximum atomic E-state index is 13.0. The Morgan fingerprint density at radius 1 is 1.44 bits per heavy atom. The number of aromatic nitrogens is 4. The lowest BCUT2D eigenvalue weighted by atomic mass is 9.98. The first-order chi connectivity index (χ1) is 16.7. The number of hydrogen-bond donors (Lipinski definition) is 4. The van der Waals surface area contributed by atoms with Crippen LogP contribution in [-0.4, -0.2) is 83.5 Å². The van der Waals surface area contributed by atoms with Gasteiger partial charge in [0.25, 0.3) is 11.8 Å². The number of oxime groups is 1. The van der Waals surface area contributed by atoms with Crippen LogP contribution in [0.1, 0.15) is 25.2 Å². The predicted octanol–water partition coefficient (Wildman–Crippen LogP) is -1.83. The summed E-state index contributed by atoms with van der Waals surface area (Å²) >= 11 is 0.945. The number of nitrogens with two attached hydrogens (primary N) is 1. The van der Waals surface area contributed by atoms with Gasteiger partial charge >= 0.3 is 16.3 Å². The SMILES string of the molecule is CC(C)(ON=C(C(=O)N[C@@H]1C(=O)N(S(=O)(=O)O)[C@@H]1Cn1ncc(CC#N)n1)c1csc(N)n1)C(=O)O. The number of β-lactam (4-membered cyclic amide) rings is 1. The summed E-state index contributed by atoms with van der Waals surface area (Å²) in [7, 11) is -5.00. The third-order valence-electron chi connectivity index (χ3n) is 4.76. The van der Waals surface area contributed by atoms with Gasteiger partial charge in [-0.25, -0.2) is 14.1 Å². The zero-order valence-electron chi connectivity index (χ0n) is 18.6. The Morgan fingerprint density at radius 2 is 2.14 bits per heavy atom. The molecule has 36 heavy (non-hydrogen) atoms. The molecular weight excluding hydrogens is 522 g/mol. The Balaban J connectivity index is 1.88. The second kappa shape index (κ2) is 9.84. The molecule has 19 heteroatoms. The molecule has 0 aromatic carbocycles. The number of anilines is 1. The number of aliphatic carboxylic acids is 1. The van der Waals surface area contributed by atoms with E-state index in [0.717, 1.165) is 16.1 Å². The van der Waals surface area contributed by atoms with E-state index in [-0.39, 0.29) is 33.8 Å². The maximum Gasteiger partial charge on any atom is 0.362 e. The van der Waals surface area contributed by atoms with Crippen LogP contribution >= 0.6 is 11.3 Å². The van der Waals surface area contributed by atoms with E-state index >= 15 is 0 Å². The molecule has 0 aliphatic carbocycles. The van der Waals surface area contributed by atoms with Crippen LogP contribution in [0.3, 0.4) is 0 Å². The minimum atomic E-state index is -5.00. The highest BCUT2D eigenvalue weighted by Crippen LogP contribution is 2.25. The van der Waals surface area contributed by atoms with Crippen molar-refractivity contribution in [2.45, 2.75) is 44.5 Å². The van der Waals surface area contributed by atoms with Crippen molar-refractivity contribution in [2.24, 2.45) is 5.16 Å². The van der Waals surface area contributed by atoms with E-state index in [4.69, 9.17) is 15.8 Å². The Labute approximate surface area is 207 Å². The van der Waals surface area contributed by atoms with Crippen LogP contribution in [0.5, 0.6) is 0 Å². The van der Waals surface area contributed by atoms with Gasteiger partial charge in [-0.15, -0.1) is 11.3 Å². The lowest BCUT2D eigenvalue weighted by Gasteiger charge is -2.43. The van der Waals surface area contributed by atoms with Crippen LogP contribution in [0, 0.1) is 11.3 Å². The number of carbonyl (C=O) groups is 3. The van der Waals surface area contributed by atoms with E-state index in [1.165, 1.54) is 25.4 Å². The fraction of sp³-hybridized carbons (Fsp3) is 0.412. The van der Waals surface area contributed by atoms with Gasteiger partial charge in [0.1, 0.15) is 17.8 Å². The number of carbonyl (C=O) groups excluding carboxylic acids is 2. The van der Waals surface area contributed by atoms with Crippen molar-refractivity contribution in [3.63, 3.8) is 0 Å². The van der Waals surface area contributed by atoms with Gasteiger partial charge in [-0.05, 0) is 13.8 Å². The third-order valence-corrected chi connectivity index (χ3v) is 6.38. The van der Waals surface area contributed by atoms with Gasteiger partial charge in [-0.1, -0.05) is 5.16 Å². The molecule has 1 aliphatic rings. The normalized spacial score (nSPS) is 18.3. The van der Waals surface area contributed by atoms with Gasteiger partial charge in [-0.2, -0.15) is 28.7 Å². The van der Waals surface area contributed by atoms with Gasteiger partial charge in [0.15, 0.2) is 10.8 Å². The quantitative estimate of drug-likeness (QED) is 0.112. The highest BCUT2D eigenvalue weighted by atomic mass is 32.2. The average molecular weight is 542 g/mol. The minimum absolute atomic E-state index is 0.0519. The third kappa shape index (κ3) is 5.56. The molecule has 2 amide bonds. The van der Waals surface area contributed by atoms with Crippen molar-refractivity contribution in [1.29, 1.82) is 5.26 Å². The summed E-state index contributed by atoms with van der Waals surface area (Å²) in [5.41, 5.74) is 3.40. The molecule has 1 aliphatic heterocycles. The fourth-order valence-electron chi connectivity index (χ4n) is 2.90. The zero-order valence-corrected chi connectivity index (χ0v) is 20.2. The smallest absolute Gasteiger partial charge is 0.362 e. The molecule has 1 fully saturated rings. The number of carboxylic acids is 1. The molecule has 17 nitrogen and oxygen atoms in total. The van der Waals surface area contributed by atoms with Crippen molar-refractivity contribution in [2.75, 3.05) is 5.73 Å². The molecular formula is C17H19N9O8S2. The van der Waals surface area contributed by atoms with Crippen molar-refractivity contribution in [1.82, 2.24) is 29.6 Å². The fourth-order valence-corrected chi connectivity index (χ4v) is 4.32. The lowest BCUT2D eigenvalue weighted by molar-refractivity contribution is -0.161. The van der Waals surface area contributed by atoms with Crippen LogP contribution in [0.2, 0.25) is 0 Å². The largest absolute Gasteiger partial charge is 0.478 e. The molecule has 0 saturated carbocycles. The maximum absolute atomic E-state index is 13.0.